The minimum atomic E-state index is 0.153. The zero-order valence-electron chi connectivity index (χ0n) is 10.4. The average Bonchev–Trinajstić information content (AvgIpc) is 2.57. The van der Waals surface area contributed by atoms with Gasteiger partial charge in [-0.05, 0) is 32.3 Å². The van der Waals surface area contributed by atoms with Gasteiger partial charge in [-0.3, -0.25) is 9.89 Å². The first-order valence-corrected chi connectivity index (χ1v) is 5.92. The highest BCUT2D eigenvalue weighted by Crippen LogP contribution is 2.09. The lowest BCUT2D eigenvalue weighted by molar-refractivity contribution is -0.121. The second kappa shape index (κ2) is 6.30. The van der Waals surface area contributed by atoms with E-state index in [2.05, 4.69) is 22.4 Å². The molecule has 1 amide bonds. The molecule has 0 aromatic carbocycles. The molecule has 0 fully saturated rings. The second-order valence-corrected chi connectivity index (χ2v) is 4.12. The Morgan fingerprint density at radius 3 is 2.75 bits per heavy atom. The highest BCUT2D eigenvalue weighted by molar-refractivity contribution is 5.75. The van der Waals surface area contributed by atoms with Crippen molar-refractivity contribution in [2.24, 2.45) is 0 Å². The summed E-state index contributed by atoms with van der Waals surface area (Å²) in [4.78, 5) is 11.4. The molecule has 0 aliphatic heterocycles. The van der Waals surface area contributed by atoms with Crippen molar-refractivity contribution in [1.82, 2.24) is 15.5 Å². The molecule has 0 atom stereocenters. The molecule has 4 heteroatoms. The quantitative estimate of drug-likeness (QED) is 0.773. The first-order chi connectivity index (χ1) is 7.65. The van der Waals surface area contributed by atoms with Gasteiger partial charge in [0, 0.05) is 18.7 Å². The van der Waals surface area contributed by atoms with Crippen molar-refractivity contribution in [3.63, 3.8) is 0 Å². The lowest BCUT2D eigenvalue weighted by Gasteiger charge is -2.04. The monoisotopic (exact) mass is 223 g/mol. The van der Waals surface area contributed by atoms with Gasteiger partial charge < -0.3 is 5.32 Å². The Labute approximate surface area is 96.8 Å². The molecule has 0 radical (unpaired) electrons. The number of hydrogen-bond donors (Lipinski definition) is 2. The summed E-state index contributed by atoms with van der Waals surface area (Å²) in [6.45, 7) is 6.78. The van der Waals surface area contributed by atoms with Crippen LogP contribution in [0.3, 0.4) is 0 Å². The molecule has 1 heterocycles. The fraction of sp³-hybridized carbons (Fsp3) is 0.667. The molecule has 90 valence electrons. The number of carbonyl (C=O) groups excluding carboxylic acids is 1. The summed E-state index contributed by atoms with van der Waals surface area (Å²) in [7, 11) is 0. The number of nitrogens with one attached hydrogen (secondary N) is 2. The van der Waals surface area contributed by atoms with Gasteiger partial charge in [0.25, 0.3) is 0 Å². The van der Waals surface area contributed by atoms with Crippen molar-refractivity contribution >= 4 is 5.91 Å². The molecule has 1 aromatic rings. The Bertz CT molecular complexity index is 325. The molecule has 2 N–H and O–H groups in total. The van der Waals surface area contributed by atoms with Crippen molar-refractivity contribution in [1.29, 1.82) is 0 Å². The van der Waals surface area contributed by atoms with Crippen LogP contribution < -0.4 is 5.32 Å². The Hall–Kier alpha value is -1.32. The van der Waals surface area contributed by atoms with Gasteiger partial charge in [0.1, 0.15) is 0 Å². The van der Waals surface area contributed by atoms with Crippen LogP contribution in [0.5, 0.6) is 0 Å². The zero-order chi connectivity index (χ0) is 12.0. The molecule has 0 spiro atoms. The van der Waals surface area contributed by atoms with Crippen molar-refractivity contribution in [2.75, 3.05) is 6.54 Å². The SMILES string of the molecule is CCCCC(=O)NCCc1c(C)n[nH]c1C. The van der Waals surface area contributed by atoms with E-state index in [4.69, 9.17) is 0 Å². The molecule has 16 heavy (non-hydrogen) atoms. The number of H-pyrrole nitrogens is 1. The predicted octanol–water partition coefficient (Wildman–Crippen LogP) is 1.88. The van der Waals surface area contributed by atoms with E-state index in [0.717, 1.165) is 30.7 Å². The van der Waals surface area contributed by atoms with E-state index >= 15 is 0 Å². The summed E-state index contributed by atoms with van der Waals surface area (Å²) in [5.74, 6) is 0.153. The van der Waals surface area contributed by atoms with Gasteiger partial charge in [-0.15, -0.1) is 0 Å². The topological polar surface area (TPSA) is 57.8 Å². The minimum absolute atomic E-state index is 0.153. The maximum atomic E-state index is 11.4. The Morgan fingerprint density at radius 1 is 1.44 bits per heavy atom. The Balaban J connectivity index is 2.28. The normalized spacial score (nSPS) is 10.4. The number of amides is 1. The third-order valence-electron chi connectivity index (χ3n) is 2.74. The van der Waals surface area contributed by atoms with Gasteiger partial charge in [-0.25, -0.2) is 0 Å². The van der Waals surface area contributed by atoms with Crippen molar-refractivity contribution in [2.45, 2.75) is 46.5 Å². The van der Waals surface area contributed by atoms with Crippen LogP contribution in [0.15, 0.2) is 0 Å². The van der Waals surface area contributed by atoms with Crippen molar-refractivity contribution < 1.29 is 4.79 Å². The highest BCUT2D eigenvalue weighted by Gasteiger charge is 2.06. The van der Waals surface area contributed by atoms with E-state index in [1.165, 1.54) is 5.56 Å². The summed E-state index contributed by atoms with van der Waals surface area (Å²) in [6.07, 6.45) is 3.52. The number of aromatic amines is 1. The minimum Gasteiger partial charge on any atom is -0.356 e. The average molecular weight is 223 g/mol. The van der Waals surface area contributed by atoms with Crippen molar-refractivity contribution in [3.8, 4) is 0 Å². The summed E-state index contributed by atoms with van der Waals surface area (Å²) >= 11 is 0. The van der Waals surface area contributed by atoms with Crippen LogP contribution in [0.25, 0.3) is 0 Å². The second-order valence-electron chi connectivity index (χ2n) is 4.12. The number of unbranched alkanes of at least 4 members (excludes halogenated alkanes) is 1. The van der Waals surface area contributed by atoms with Gasteiger partial charge in [0.15, 0.2) is 0 Å². The van der Waals surface area contributed by atoms with E-state index in [1.807, 2.05) is 13.8 Å². The predicted molar refractivity (Wildman–Crippen MR) is 64.3 cm³/mol. The highest BCUT2D eigenvalue weighted by atomic mass is 16.1. The summed E-state index contributed by atoms with van der Waals surface area (Å²) < 4.78 is 0. The van der Waals surface area contributed by atoms with Crippen LogP contribution in [0.2, 0.25) is 0 Å². The number of hydrogen-bond acceptors (Lipinski definition) is 2. The Morgan fingerprint density at radius 2 is 2.19 bits per heavy atom. The Kier molecular flexibility index (Phi) is 5.02. The van der Waals surface area contributed by atoms with Crippen LogP contribution >= 0.6 is 0 Å². The van der Waals surface area contributed by atoms with E-state index in [-0.39, 0.29) is 5.91 Å². The van der Waals surface area contributed by atoms with E-state index in [0.29, 0.717) is 13.0 Å². The molecule has 1 aromatic heterocycles. The number of aromatic nitrogens is 2. The van der Waals surface area contributed by atoms with E-state index in [1.54, 1.807) is 0 Å². The van der Waals surface area contributed by atoms with E-state index in [9.17, 15) is 4.79 Å². The molecule has 1 rings (SSSR count). The van der Waals surface area contributed by atoms with Crippen LogP contribution in [-0.2, 0) is 11.2 Å². The van der Waals surface area contributed by atoms with Crippen LogP contribution in [0, 0.1) is 13.8 Å². The van der Waals surface area contributed by atoms with Gasteiger partial charge in [-0.2, -0.15) is 5.10 Å². The van der Waals surface area contributed by atoms with Crippen LogP contribution in [0.4, 0.5) is 0 Å². The maximum Gasteiger partial charge on any atom is 0.220 e. The maximum absolute atomic E-state index is 11.4. The largest absolute Gasteiger partial charge is 0.356 e. The third kappa shape index (κ3) is 3.68. The van der Waals surface area contributed by atoms with Gasteiger partial charge >= 0.3 is 0 Å². The molecule has 0 aliphatic rings. The molecular formula is C12H21N3O. The molecular weight excluding hydrogens is 202 g/mol. The summed E-state index contributed by atoms with van der Waals surface area (Å²) in [5.41, 5.74) is 3.34. The molecule has 4 nitrogen and oxygen atoms in total. The molecule has 0 saturated heterocycles. The van der Waals surface area contributed by atoms with Gasteiger partial charge in [0.2, 0.25) is 5.91 Å². The standard InChI is InChI=1S/C12H21N3O/c1-4-5-6-12(16)13-8-7-11-9(2)14-15-10(11)3/h4-8H2,1-3H3,(H,13,16)(H,14,15). The molecule has 0 aliphatic carbocycles. The third-order valence-corrected chi connectivity index (χ3v) is 2.74. The van der Waals surface area contributed by atoms with Crippen LogP contribution in [0.1, 0.15) is 43.1 Å². The zero-order valence-corrected chi connectivity index (χ0v) is 10.4. The van der Waals surface area contributed by atoms with Gasteiger partial charge in [0.05, 0.1) is 5.69 Å². The molecule has 0 saturated carbocycles. The summed E-state index contributed by atoms with van der Waals surface area (Å²) in [5, 5.41) is 10.0. The molecule has 0 bridgehead atoms. The van der Waals surface area contributed by atoms with Crippen molar-refractivity contribution in [3.05, 3.63) is 17.0 Å². The first kappa shape index (κ1) is 12.7. The first-order valence-electron chi connectivity index (χ1n) is 5.92. The lowest BCUT2D eigenvalue weighted by Crippen LogP contribution is -2.25. The molecule has 0 unspecified atom stereocenters. The fourth-order valence-corrected chi connectivity index (χ4v) is 1.70. The number of carbonyl (C=O) groups is 1. The lowest BCUT2D eigenvalue weighted by atomic mass is 10.1. The number of rotatable bonds is 6. The number of aryl methyl sites for hydroxylation is 2. The van der Waals surface area contributed by atoms with Gasteiger partial charge in [-0.1, -0.05) is 13.3 Å². The fourth-order valence-electron chi connectivity index (χ4n) is 1.70. The van der Waals surface area contributed by atoms with Crippen LogP contribution in [-0.4, -0.2) is 22.6 Å². The number of nitrogens with zero attached hydrogens (tertiary/aromatic N) is 1. The van der Waals surface area contributed by atoms with E-state index < -0.39 is 0 Å². The summed E-state index contributed by atoms with van der Waals surface area (Å²) in [6, 6.07) is 0. The smallest absolute Gasteiger partial charge is 0.220 e.